The fourth-order valence-corrected chi connectivity index (χ4v) is 4.41. The smallest absolute Gasteiger partial charge is 0.331 e. The third-order valence-corrected chi connectivity index (χ3v) is 5.78. The Hall–Kier alpha value is -2.07. The van der Waals surface area contributed by atoms with Gasteiger partial charge in [-0.05, 0) is 55.7 Å². The van der Waals surface area contributed by atoms with Crippen molar-refractivity contribution in [1.29, 1.82) is 0 Å². The first-order valence-corrected chi connectivity index (χ1v) is 9.22. The minimum absolute atomic E-state index is 0.103. The van der Waals surface area contributed by atoms with Crippen molar-refractivity contribution in [3.05, 3.63) is 47.6 Å². The number of rotatable bonds is 2. The van der Waals surface area contributed by atoms with Crippen molar-refractivity contribution >= 4 is 17.2 Å². The number of benzene rings is 1. The number of carbonyl (C=O) groups is 1. The number of nitrogens with zero attached hydrogens (tertiary/aromatic N) is 2. The van der Waals surface area contributed by atoms with E-state index < -0.39 is 0 Å². The maximum atomic E-state index is 11.9. The Morgan fingerprint density at radius 3 is 2.60 bits per heavy atom. The van der Waals surface area contributed by atoms with Gasteiger partial charge in [-0.2, -0.15) is 0 Å². The highest BCUT2D eigenvalue weighted by Gasteiger charge is 2.42. The topological polar surface area (TPSA) is 32.8 Å². The van der Waals surface area contributed by atoms with Crippen molar-refractivity contribution in [2.24, 2.45) is 0 Å². The molecule has 3 heterocycles. The molecule has 0 aromatic heterocycles. The molecule has 0 aliphatic carbocycles. The van der Waals surface area contributed by atoms with Crippen LogP contribution in [0.1, 0.15) is 31.7 Å². The number of esters is 1. The maximum absolute atomic E-state index is 11.9. The zero-order valence-electron chi connectivity index (χ0n) is 15.2. The lowest BCUT2D eigenvalue weighted by atomic mass is 9.93. The van der Waals surface area contributed by atoms with Gasteiger partial charge >= 0.3 is 5.97 Å². The lowest BCUT2D eigenvalue weighted by molar-refractivity contribution is -0.142. The first-order chi connectivity index (χ1) is 12.0. The Kier molecular flexibility index (Phi) is 4.16. The van der Waals surface area contributed by atoms with Crippen LogP contribution >= 0.6 is 0 Å². The summed E-state index contributed by atoms with van der Waals surface area (Å²) in [4.78, 5) is 16.5. The molecule has 132 valence electrons. The van der Waals surface area contributed by atoms with E-state index in [0.717, 1.165) is 18.5 Å². The molecule has 0 spiro atoms. The second kappa shape index (κ2) is 6.34. The number of anilines is 1. The van der Waals surface area contributed by atoms with Gasteiger partial charge in [0.2, 0.25) is 0 Å². The van der Waals surface area contributed by atoms with Gasteiger partial charge in [0.1, 0.15) is 6.10 Å². The summed E-state index contributed by atoms with van der Waals surface area (Å²) in [5, 5.41) is 0. The summed E-state index contributed by atoms with van der Waals surface area (Å²) in [5.41, 5.74) is 4.74. The Bertz CT molecular complexity index is 733. The third kappa shape index (κ3) is 2.89. The summed E-state index contributed by atoms with van der Waals surface area (Å²) < 4.78 is 5.67. The average Bonchev–Trinajstić information content (AvgIpc) is 2.94. The van der Waals surface area contributed by atoms with Crippen LogP contribution in [0.15, 0.2) is 42.0 Å². The van der Waals surface area contributed by atoms with Crippen LogP contribution in [0.5, 0.6) is 0 Å². The van der Waals surface area contributed by atoms with Crippen LogP contribution in [0.2, 0.25) is 0 Å². The molecule has 0 radical (unpaired) electrons. The van der Waals surface area contributed by atoms with Gasteiger partial charge in [-0.15, -0.1) is 0 Å². The molecule has 4 heteroatoms. The first kappa shape index (κ1) is 16.4. The molecule has 1 aromatic rings. The van der Waals surface area contributed by atoms with E-state index in [4.69, 9.17) is 4.74 Å². The van der Waals surface area contributed by atoms with Gasteiger partial charge < -0.3 is 9.64 Å². The molecule has 25 heavy (non-hydrogen) atoms. The quantitative estimate of drug-likeness (QED) is 0.775. The SMILES string of the molecule is C[C@H]1C(c2ccc(N(C)C)cc2)=CC2=CC(=O)OC2[C@H]2CCCCN21. The monoisotopic (exact) mass is 338 g/mol. The van der Waals surface area contributed by atoms with E-state index in [2.05, 4.69) is 61.2 Å². The predicted octanol–water partition coefficient (Wildman–Crippen LogP) is 3.24. The number of fused-ring (bicyclic) bond motifs is 3. The molecule has 0 bridgehead atoms. The minimum atomic E-state index is -0.196. The molecule has 0 amide bonds. The molecule has 1 saturated heterocycles. The van der Waals surface area contributed by atoms with Gasteiger partial charge in [-0.3, -0.25) is 4.90 Å². The Morgan fingerprint density at radius 2 is 1.88 bits per heavy atom. The van der Waals surface area contributed by atoms with Crippen LogP contribution in [0.4, 0.5) is 5.69 Å². The van der Waals surface area contributed by atoms with Gasteiger partial charge in [0, 0.05) is 37.5 Å². The van der Waals surface area contributed by atoms with Crippen LogP contribution in [0.3, 0.4) is 0 Å². The molecule has 1 fully saturated rings. The van der Waals surface area contributed by atoms with Crippen LogP contribution in [0, 0.1) is 0 Å². The number of piperidine rings is 1. The molecule has 3 aliphatic heterocycles. The van der Waals surface area contributed by atoms with Crippen LogP contribution in [0.25, 0.3) is 5.57 Å². The number of ether oxygens (including phenoxy) is 1. The van der Waals surface area contributed by atoms with Crippen molar-refractivity contribution in [3.63, 3.8) is 0 Å². The summed E-state index contributed by atoms with van der Waals surface area (Å²) in [5.74, 6) is -0.196. The molecule has 4 rings (SSSR count). The standard InChI is InChI=1S/C21H26N2O2/c1-14-18(15-7-9-17(10-8-15)22(2)3)12-16-13-20(24)25-21(16)19-6-4-5-11-23(14)19/h7-10,12-14,19,21H,4-6,11H2,1-3H3/t14-,19+,21?/m0/s1. The van der Waals surface area contributed by atoms with Gasteiger partial charge in [-0.25, -0.2) is 4.79 Å². The van der Waals surface area contributed by atoms with Crippen molar-refractivity contribution < 1.29 is 9.53 Å². The highest BCUT2D eigenvalue weighted by Crippen LogP contribution is 2.38. The van der Waals surface area contributed by atoms with Crippen molar-refractivity contribution in [2.45, 2.75) is 44.4 Å². The molecule has 4 nitrogen and oxygen atoms in total. The highest BCUT2D eigenvalue weighted by atomic mass is 16.5. The summed E-state index contributed by atoms with van der Waals surface area (Å²) in [6, 6.07) is 9.31. The Balaban J connectivity index is 1.76. The van der Waals surface area contributed by atoms with Gasteiger partial charge in [0.25, 0.3) is 0 Å². The number of hydrogen-bond donors (Lipinski definition) is 0. The zero-order chi connectivity index (χ0) is 17.6. The second-order valence-corrected chi connectivity index (χ2v) is 7.52. The minimum Gasteiger partial charge on any atom is -0.453 e. The molecule has 1 aromatic carbocycles. The summed E-state index contributed by atoms with van der Waals surface area (Å²) in [7, 11) is 4.11. The second-order valence-electron chi connectivity index (χ2n) is 7.52. The highest BCUT2D eigenvalue weighted by molar-refractivity contribution is 5.88. The largest absolute Gasteiger partial charge is 0.453 e. The lowest BCUT2D eigenvalue weighted by Gasteiger charge is -2.41. The molecular weight excluding hydrogens is 312 g/mol. The Morgan fingerprint density at radius 1 is 1.12 bits per heavy atom. The van der Waals surface area contributed by atoms with Crippen molar-refractivity contribution in [2.75, 3.05) is 25.5 Å². The van der Waals surface area contributed by atoms with Crippen LogP contribution < -0.4 is 4.90 Å². The molecular formula is C21H26N2O2. The first-order valence-electron chi connectivity index (χ1n) is 9.22. The van der Waals surface area contributed by atoms with E-state index in [1.54, 1.807) is 6.08 Å². The van der Waals surface area contributed by atoms with Crippen molar-refractivity contribution in [3.8, 4) is 0 Å². The fourth-order valence-electron chi connectivity index (χ4n) is 4.41. The zero-order valence-corrected chi connectivity index (χ0v) is 15.2. The van der Waals surface area contributed by atoms with E-state index in [1.807, 2.05) is 0 Å². The van der Waals surface area contributed by atoms with Crippen LogP contribution in [-0.2, 0) is 9.53 Å². The van der Waals surface area contributed by atoms with E-state index in [0.29, 0.717) is 12.1 Å². The normalized spacial score (nSPS) is 29.1. The van der Waals surface area contributed by atoms with Crippen molar-refractivity contribution in [1.82, 2.24) is 4.90 Å². The summed E-state index contributed by atoms with van der Waals surface area (Å²) in [6.07, 6.45) is 7.30. The number of carbonyl (C=O) groups excluding carboxylic acids is 1. The van der Waals surface area contributed by atoms with E-state index in [1.165, 1.54) is 29.7 Å². The van der Waals surface area contributed by atoms with E-state index >= 15 is 0 Å². The number of hydrogen-bond acceptors (Lipinski definition) is 4. The van der Waals surface area contributed by atoms with Crippen LogP contribution in [-0.4, -0.2) is 49.7 Å². The molecule has 1 unspecified atom stereocenters. The lowest BCUT2D eigenvalue weighted by Crippen LogP contribution is -2.50. The summed E-state index contributed by atoms with van der Waals surface area (Å²) in [6.45, 7) is 3.35. The fraction of sp³-hybridized carbons (Fsp3) is 0.476. The molecule has 0 N–H and O–H groups in total. The Labute approximate surface area is 149 Å². The maximum Gasteiger partial charge on any atom is 0.331 e. The molecule has 3 aliphatic rings. The molecule has 0 saturated carbocycles. The van der Waals surface area contributed by atoms with E-state index in [-0.39, 0.29) is 12.1 Å². The van der Waals surface area contributed by atoms with Gasteiger partial charge in [0.15, 0.2) is 0 Å². The predicted molar refractivity (Wildman–Crippen MR) is 101 cm³/mol. The van der Waals surface area contributed by atoms with Gasteiger partial charge in [0.05, 0.1) is 6.04 Å². The average molecular weight is 338 g/mol. The molecule has 3 atom stereocenters. The van der Waals surface area contributed by atoms with Gasteiger partial charge in [-0.1, -0.05) is 18.6 Å². The van der Waals surface area contributed by atoms with E-state index in [9.17, 15) is 4.79 Å². The third-order valence-electron chi connectivity index (χ3n) is 5.78. The summed E-state index contributed by atoms with van der Waals surface area (Å²) >= 11 is 0.